The highest BCUT2D eigenvalue weighted by Crippen LogP contribution is 2.43. The average Bonchev–Trinajstić information content (AvgIpc) is 3.71. The van der Waals surface area contributed by atoms with E-state index in [1.165, 1.54) is 6.07 Å². The lowest BCUT2D eigenvalue weighted by Crippen LogP contribution is -2.36. The maximum atomic E-state index is 15.5. The summed E-state index contributed by atoms with van der Waals surface area (Å²) in [6.45, 7) is 6.78. The quantitative estimate of drug-likeness (QED) is 0.202. The number of ketones is 1. The van der Waals surface area contributed by atoms with Crippen molar-refractivity contribution in [1.29, 1.82) is 0 Å². The van der Waals surface area contributed by atoms with Gasteiger partial charge in [-0.15, -0.1) is 11.3 Å². The lowest BCUT2D eigenvalue weighted by Gasteiger charge is -2.25. The van der Waals surface area contributed by atoms with Crippen LogP contribution < -0.4 is 5.32 Å². The molecule has 224 valence electrons. The van der Waals surface area contributed by atoms with Gasteiger partial charge in [-0.3, -0.25) is 9.78 Å². The zero-order chi connectivity index (χ0) is 30.6. The van der Waals surface area contributed by atoms with Crippen LogP contribution in [0.25, 0.3) is 32.2 Å². The molecule has 1 saturated heterocycles. The summed E-state index contributed by atoms with van der Waals surface area (Å²) in [5.41, 5.74) is 6.31. The normalized spacial score (nSPS) is 19.8. The van der Waals surface area contributed by atoms with Crippen LogP contribution in [0.1, 0.15) is 44.0 Å². The van der Waals surface area contributed by atoms with Crippen molar-refractivity contribution in [1.82, 2.24) is 14.9 Å². The Hall–Kier alpha value is -4.37. The number of carbonyl (C=O) groups excluding carboxylic acids is 2. The minimum Gasteiger partial charge on any atom is -0.444 e. The van der Waals surface area contributed by atoms with Crippen molar-refractivity contribution >= 4 is 55.7 Å². The number of nitrogens with zero attached hydrogens (tertiary/aromatic N) is 3. The highest BCUT2D eigenvalue weighted by atomic mass is 32.1. The number of nitrogens with one attached hydrogen (secondary N) is 1. The molecule has 1 aliphatic heterocycles. The first-order chi connectivity index (χ1) is 21.1. The molecule has 2 aliphatic rings. The topological polar surface area (TPSA) is 84.4 Å². The number of thiazole rings is 1. The summed E-state index contributed by atoms with van der Waals surface area (Å²) in [4.78, 5) is 36.6. The molecule has 7 rings (SSSR count). The Morgan fingerprint density at radius 2 is 1.75 bits per heavy atom. The van der Waals surface area contributed by atoms with Gasteiger partial charge in [0.25, 0.3) is 0 Å². The van der Waals surface area contributed by atoms with Gasteiger partial charge in [0, 0.05) is 53.1 Å². The van der Waals surface area contributed by atoms with Crippen LogP contribution in [-0.2, 0) is 4.74 Å². The second kappa shape index (κ2) is 11.0. The number of anilines is 2. The summed E-state index contributed by atoms with van der Waals surface area (Å²) in [7, 11) is 0. The maximum absolute atomic E-state index is 15.5. The SMILES string of the molecule is CC(C)(C)OC(=O)N1CC2CC(C(=O)c3ccc(-c4ccc5c(Nc6ccc7scnc7c6)ccnc5c4)c(F)c3)CC2C1. The van der Waals surface area contributed by atoms with E-state index in [0.29, 0.717) is 42.6 Å². The third kappa shape index (κ3) is 5.52. The molecule has 2 unspecified atom stereocenters. The largest absolute Gasteiger partial charge is 0.444 e. The predicted molar refractivity (Wildman–Crippen MR) is 172 cm³/mol. The van der Waals surface area contributed by atoms with Gasteiger partial charge in [0.2, 0.25) is 0 Å². The number of hydrogen-bond donors (Lipinski definition) is 1. The second-order valence-electron chi connectivity index (χ2n) is 12.9. The molecule has 7 nitrogen and oxygen atoms in total. The second-order valence-corrected chi connectivity index (χ2v) is 13.8. The van der Waals surface area contributed by atoms with Gasteiger partial charge in [-0.2, -0.15) is 0 Å². The number of benzene rings is 3. The van der Waals surface area contributed by atoms with Gasteiger partial charge in [-0.25, -0.2) is 14.2 Å². The summed E-state index contributed by atoms with van der Waals surface area (Å²) in [5.74, 6) is -0.0978. The number of amides is 1. The predicted octanol–water partition coefficient (Wildman–Crippen LogP) is 8.47. The van der Waals surface area contributed by atoms with Crippen LogP contribution in [0.2, 0.25) is 0 Å². The van der Waals surface area contributed by atoms with E-state index in [1.807, 2.05) is 68.7 Å². The smallest absolute Gasteiger partial charge is 0.410 e. The lowest BCUT2D eigenvalue weighted by atomic mass is 9.93. The van der Waals surface area contributed by atoms with Gasteiger partial charge in [-0.05, 0) is 87.4 Å². The van der Waals surface area contributed by atoms with Crippen molar-refractivity contribution in [2.75, 3.05) is 18.4 Å². The van der Waals surface area contributed by atoms with Crippen LogP contribution >= 0.6 is 11.3 Å². The van der Waals surface area contributed by atoms with Crippen LogP contribution in [0.4, 0.5) is 20.6 Å². The van der Waals surface area contributed by atoms with Gasteiger partial charge in [0.1, 0.15) is 11.4 Å². The molecular formula is C35H33FN4O3S. The first kappa shape index (κ1) is 28.4. The van der Waals surface area contributed by atoms with Crippen molar-refractivity contribution < 1.29 is 18.7 Å². The average molecular weight is 609 g/mol. The molecule has 5 aromatic rings. The zero-order valence-corrected chi connectivity index (χ0v) is 25.7. The van der Waals surface area contributed by atoms with Crippen LogP contribution in [0.5, 0.6) is 0 Å². The number of pyridine rings is 1. The van der Waals surface area contributed by atoms with Crippen molar-refractivity contribution in [3.63, 3.8) is 0 Å². The van der Waals surface area contributed by atoms with E-state index >= 15 is 4.39 Å². The number of hydrogen-bond acceptors (Lipinski definition) is 7. The Bertz CT molecular complexity index is 1900. The maximum Gasteiger partial charge on any atom is 0.410 e. The molecule has 2 aromatic heterocycles. The molecule has 2 atom stereocenters. The standard InChI is InChI=1S/C35H33FN4O3S/c1-35(2,3)43-34(42)40-17-23-12-22(13-24(23)18-40)33(41)21-5-7-26(28(36)14-21)20-4-8-27-29(10-11-37-30(27)15-20)39-25-6-9-32-31(16-25)38-19-44-32/h4-11,14-16,19,22-24H,12-13,17-18H2,1-3H3,(H,37,39). The van der Waals surface area contributed by atoms with E-state index in [9.17, 15) is 9.59 Å². The van der Waals surface area contributed by atoms with Gasteiger partial charge in [0.15, 0.2) is 5.78 Å². The summed E-state index contributed by atoms with van der Waals surface area (Å²) < 4.78 is 22.2. The van der Waals surface area contributed by atoms with Crippen LogP contribution in [-0.4, -0.2) is 45.4 Å². The Kier molecular flexibility index (Phi) is 7.08. The van der Waals surface area contributed by atoms with Gasteiger partial charge in [0.05, 0.1) is 21.2 Å². The van der Waals surface area contributed by atoms with Crippen LogP contribution in [0.3, 0.4) is 0 Å². The van der Waals surface area contributed by atoms with E-state index in [-0.39, 0.29) is 29.6 Å². The lowest BCUT2D eigenvalue weighted by molar-refractivity contribution is 0.0278. The molecule has 2 fully saturated rings. The third-order valence-electron chi connectivity index (χ3n) is 8.69. The first-order valence-corrected chi connectivity index (χ1v) is 15.8. The molecule has 9 heteroatoms. The Morgan fingerprint density at radius 3 is 2.50 bits per heavy atom. The number of rotatable bonds is 5. The number of Topliss-reactive ketones (excluding diaryl/α,β-unsaturated/α-hetero) is 1. The number of fused-ring (bicyclic) bond motifs is 3. The van der Waals surface area contributed by atoms with E-state index in [2.05, 4.69) is 15.3 Å². The number of likely N-dealkylation sites (tertiary alicyclic amines) is 1. The van der Waals surface area contributed by atoms with E-state index in [0.717, 1.165) is 32.5 Å². The minimum absolute atomic E-state index is 0.0274. The fourth-order valence-electron chi connectivity index (χ4n) is 6.64. The van der Waals surface area contributed by atoms with E-state index in [4.69, 9.17) is 4.74 Å². The third-order valence-corrected chi connectivity index (χ3v) is 9.50. The molecule has 0 bridgehead atoms. The zero-order valence-electron chi connectivity index (χ0n) is 24.8. The fraction of sp³-hybridized carbons (Fsp3) is 0.314. The molecule has 1 saturated carbocycles. The van der Waals surface area contributed by atoms with Crippen molar-refractivity contribution in [2.45, 2.75) is 39.2 Å². The summed E-state index contributed by atoms with van der Waals surface area (Å²) in [6.07, 6.45) is 2.85. The van der Waals surface area contributed by atoms with E-state index in [1.54, 1.807) is 34.6 Å². The Balaban J connectivity index is 1.05. The molecule has 1 N–H and O–H groups in total. The highest BCUT2D eigenvalue weighted by molar-refractivity contribution is 7.16. The van der Waals surface area contributed by atoms with Crippen molar-refractivity contribution in [3.8, 4) is 11.1 Å². The Labute approximate surface area is 259 Å². The monoisotopic (exact) mass is 608 g/mol. The molecular weight excluding hydrogens is 575 g/mol. The van der Waals surface area contributed by atoms with Crippen LogP contribution in [0, 0.1) is 23.6 Å². The molecule has 0 radical (unpaired) electrons. The molecule has 3 aromatic carbocycles. The van der Waals surface area contributed by atoms with Crippen LogP contribution in [0.15, 0.2) is 72.4 Å². The van der Waals surface area contributed by atoms with Gasteiger partial charge < -0.3 is 15.0 Å². The number of ether oxygens (including phenoxy) is 1. The molecule has 0 spiro atoms. The van der Waals surface area contributed by atoms with E-state index < -0.39 is 11.4 Å². The fourth-order valence-corrected chi connectivity index (χ4v) is 7.30. The summed E-state index contributed by atoms with van der Waals surface area (Å²) in [6, 6.07) is 18.5. The first-order valence-electron chi connectivity index (χ1n) is 14.9. The highest BCUT2D eigenvalue weighted by Gasteiger charge is 2.45. The van der Waals surface area contributed by atoms with Gasteiger partial charge >= 0.3 is 6.09 Å². The van der Waals surface area contributed by atoms with Gasteiger partial charge in [-0.1, -0.05) is 24.3 Å². The van der Waals surface area contributed by atoms with Crippen molar-refractivity contribution in [2.24, 2.45) is 17.8 Å². The number of carbonyl (C=O) groups is 2. The molecule has 3 heterocycles. The minimum atomic E-state index is -0.537. The molecule has 1 aliphatic carbocycles. The number of aromatic nitrogens is 2. The summed E-state index contributed by atoms with van der Waals surface area (Å²) >= 11 is 1.61. The Morgan fingerprint density at radius 1 is 0.955 bits per heavy atom. The van der Waals surface area contributed by atoms with Crippen molar-refractivity contribution in [3.05, 3.63) is 83.8 Å². The molecule has 44 heavy (non-hydrogen) atoms. The number of halogens is 1. The summed E-state index contributed by atoms with van der Waals surface area (Å²) in [5, 5.41) is 4.38. The molecule has 1 amide bonds.